The normalized spacial score (nSPS) is 28.5. The van der Waals surface area contributed by atoms with E-state index in [1.165, 1.54) is 12.5 Å². The molecule has 0 radical (unpaired) electrons. The zero-order valence-corrected chi connectivity index (χ0v) is 55.9. The van der Waals surface area contributed by atoms with Crippen LogP contribution < -0.4 is 0 Å². The lowest BCUT2D eigenvalue weighted by atomic mass is 9.58. The quantitative estimate of drug-likeness (QED) is 0.0993. The molecule has 5 rings (SSSR count). The Morgan fingerprint density at radius 1 is 0.694 bits per heavy atom. The molecule has 72 heavy (non-hydrogen) atoms. The zero-order chi connectivity index (χ0) is 61.2. The molecular weight excluding hydrogens is 905 g/mol. The summed E-state index contributed by atoms with van der Waals surface area (Å²) in [6.07, 6.45) is 1.91. The number of carbonyl (C=O) groups is 3. The number of ketones is 1. The standard InChI is InChI=1S/C31H46O10.C3H8.14C2H6/c1-8-10-11-12-19(33)39-24-17(5)29(37)18-13-16(4)22(34)30(18,38)26-28(14-32,41-26)23(35)20(29)21-27(6,7)31(21,24)40-25(36)15(3)9-2;1-3-2;14*1-2/h13,15,17-18,20-21,23-24,26,32,35,37-38H,8-12,14H2,1-7H3;3H2,1-2H3;14*1-2H3. The van der Waals surface area contributed by atoms with Gasteiger partial charge in [-0.2, -0.15) is 0 Å². The maximum atomic E-state index is 13.5. The van der Waals surface area contributed by atoms with E-state index in [2.05, 4.69) is 13.8 Å². The Labute approximate surface area is 453 Å². The number of epoxide rings is 1. The number of unbranched alkanes of at least 4 members (excludes halogenated alkanes) is 2. The van der Waals surface area contributed by atoms with Gasteiger partial charge in [0.25, 0.3) is 0 Å². The van der Waals surface area contributed by atoms with Crippen LogP contribution in [-0.2, 0) is 28.6 Å². The van der Waals surface area contributed by atoms with Crippen molar-refractivity contribution in [3.05, 3.63) is 11.6 Å². The van der Waals surface area contributed by atoms with E-state index in [4.69, 9.17) is 14.2 Å². The number of fused-ring (bicyclic) bond motifs is 7. The van der Waals surface area contributed by atoms with Crippen LogP contribution in [-0.4, -0.2) is 85.5 Å². The summed E-state index contributed by atoms with van der Waals surface area (Å²) in [5, 5.41) is 47.3. The maximum Gasteiger partial charge on any atom is 0.309 e. The van der Waals surface area contributed by atoms with E-state index in [9.17, 15) is 34.8 Å². The molecule has 5 aliphatic rings. The van der Waals surface area contributed by atoms with Gasteiger partial charge in [-0.25, -0.2) is 0 Å². The maximum absolute atomic E-state index is 13.5. The minimum Gasteiger partial charge on any atom is -0.458 e. The third-order valence-electron chi connectivity index (χ3n) is 11.5. The fourth-order valence-electron chi connectivity index (χ4n) is 8.83. The van der Waals surface area contributed by atoms with E-state index in [-0.39, 0.29) is 12.0 Å². The summed E-state index contributed by atoms with van der Waals surface area (Å²) in [5.41, 5.74) is -7.97. The van der Waals surface area contributed by atoms with Crippen molar-refractivity contribution in [2.24, 2.45) is 35.0 Å². The second kappa shape index (κ2) is 56.9. The second-order valence-corrected chi connectivity index (χ2v) is 14.5. The van der Waals surface area contributed by atoms with Gasteiger partial charge >= 0.3 is 11.9 Å². The second-order valence-electron chi connectivity index (χ2n) is 14.5. The lowest BCUT2D eigenvalue weighted by Crippen LogP contribution is -2.69. The van der Waals surface area contributed by atoms with Crippen molar-refractivity contribution in [1.29, 1.82) is 0 Å². The molecule has 12 unspecified atom stereocenters. The third kappa shape index (κ3) is 22.4. The van der Waals surface area contributed by atoms with Crippen molar-refractivity contribution in [2.45, 2.75) is 335 Å². The smallest absolute Gasteiger partial charge is 0.309 e. The molecule has 4 fully saturated rings. The molecule has 12 atom stereocenters. The molecule has 446 valence electrons. The molecule has 10 heteroatoms. The number of Topliss-reactive ketones (excluding diaryl/α,β-unsaturated/α-hetero) is 1. The summed E-state index contributed by atoms with van der Waals surface area (Å²) in [6, 6.07) is 0. The summed E-state index contributed by atoms with van der Waals surface area (Å²) >= 11 is 0. The molecule has 0 amide bonds. The number of rotatable bonds is 9. The third-order valence-corrected chi connectivity index (χ3v) is 11.5. The van der Waals surface area contributed by atoms with Crippen molar-refractivity contribution in [3.8, 4) is 0 Å². The Morgan fingerprint density at radius 2 is 1.07 bits per heavy atom. The molecule has 1 heterocycles. The van der Waals surface area contributed by atoms with Crippen LogP contribution >= 0.6 is 0 Å². The predicted molar refractivity (Wildman–Crippen MR) is 320 cm³/mol. The first kappa shape index (κ1) is 95.9. The highest BCUT2D eigenvalue weighted by Crippen LogP contribution is 2.79. The molecule has 4 aliphatic carbocycles. The number of esters is 2. The number of hydrogen-bond acceptors (Lipinski definition) is 10. The van der Waals surface area contributed by atoms with Crippen molar-refractivity contribution >= 4 is 17.7 Å². The molecule has 3 saturated carbocycles. The highest BCUT2D eigenvalue weighted by molar-refractivity contribution is 6.05. The molecule has 0 bridgehead atoms. The first-order valence-electron chi connectivity index (χ1n) is 30.6. The molecule has 1 saturated heterocycles. The van der Waals surface area contributed by atoms with Gasteiger partial charge in [-0.05, 0) is 25.3 Å². The van der Waals surface area contributed by atoms with E-state index in [1.807, 2.05) is 222 Å². The molecule has 0 aromatic carbocycles. The number of ether oxygens (including phenoxy) is 3. The minimum atomic E-state index is -2.24. The zero-order valence-electron chi connectivity index (χ0n) is 55.9. The Balaban J connectivity index is -0.000000114. The van der Waals surface area contributed by atoms with Gasteiger partial charge in [-0.3, -0.25) is 14.4 Å². The SMILES string of the molecule is CC.CC.CC.CC.CC.CC.CC.CC.CC.CC.CC.CC.CC.CC.CCC.CCCCCC(=O)OC1C(C)C2(O)C(C(O)C3(CO)OC3C3(O)C(=O)C(C)=CC32)C2C(C)(C)C12OC(=O)C(C)CC. The van der Waals surface area contributed by atoms with Crippen molar-refractivity contribution in [2.75, 3.05) is 6.61 Å². The summed E-state index contributed by atoms with van der Waals surface area (Å²) in [6.45, 7) is 72.1. The summed E-state index contributed by atoms with van der Waals surface area (Å²) < 4.78 is 18.3. The fourth-order valence-corrected chi connectivity index (χ4v) is 8.83. The number of hydrogen-bond donors (Lipinski definition) is 4. The number of carbonyl (C=O) groups excluding carboxylic acids is 3. The van der Waals surface area contributed by atoms with Gasteiger partial charge in [-0.1, -0.05) is 275 Å². The molecule has 1 aliphatic heterocycles. The van der Waals surface area contributed by atoms with Gasteiger partial charge in [-0.15, -0.1) is 0 Å². The van der Waals surface area contributed by atoms with Gasteiger partial charge in [0.1, 0.15) is 17.8 Å². The van der Waals surface area contributed by atoms with Crippen molar-refractivity contribution in [3.63, 3.8) is 0 Å². The minimum absolute atomic E-state index is 0.149. The summed E-state index contributed by atoms with van der Waals surface area (Å²) in [4.78, 5) is 40.0. The monoisotopic (exact) mass is 1040 g/mol. The topological polar surface area (TPSA) is 163 Å². The van der Waals surface area contributed by atoms with Crippen LogP contribution in [0.15, 0.2) is 11.6 Å². The Hall–Kier alpha value is -1.85. The molecule has 0 aromatic heterocycles. The van der Waals surface area contributed by atoms with Crippen LogP contribution in [0.5, 0.6) is 0 Å². The lowest BCUT2D eigenvalue weighted by molar-refractivity contribution is -0.251. The largest absolute Gasteiger partial charge is 0.458 e. The molecule has 10 nitrogen and oxygen atoms in total. The molecule has 0 aromatic rings. The van der Waals surface area contributed by atoms with Crippen LogP contribution in [0.3, 0.4) is 0 Å². The number of aliphatic hydroxyl groups is 4. The van der Waals surface area contributed by atoms with Crippen LogP contribution in [0.2, 0.25) is 0 Å². The van der Waals surface area contributed by atoms with Gasteiger partial charge in [0.2, 0.25) is 0 Å². The van der Waals surface area contributed by atoms with Crippen LogP contribution in [0.4, 0.5) is 0 Å². The number of aliphatic hydroxyl groups excluding tert-OH is 2. The van der Waals surface area contributed by atoms with Crippen molar-refractivity contribution in [1.82, 2.24) is 0 Å². The lowest BCUT2D eigenvalue weighted by Gasteiger charge is -2.54. The Morgan fingerprint density at radius 3 is 1.40 bits per heavy atom. The van der Waals surface area contributed by atoms with E-state index in [0.717, 1.165) is 12.8 Å². The van der Waals surface area contributed by atoms with E-state index < -0.39 is 100 Å². The van der Waals surface area contributed by atoms with Crippen LogP contribution in [0, 0.1) is 35.0 Å². The average Bonchev–Trinajstić information content (AvgIpc) is 4.31. The molecule has 4 N–H and O–H groups in total. The van der Waals surface area contributed by atoms with Crippen LogP contribution in [0.1, 0.15) is 295 Å². The van der Waals surface area contributed by atoms with Gasteiger partial charge in [0.15, 0.2) is 17.0 Å². The fraction of sp³-hybridized carbons (Fsp3) is 0.919. The summed E-state index contributed by atoms with van der Waals surface area (Å²) in [7, 11) is 0. The van der Waals surface area contributed by atoms with Gasteiger partial charge in [0, 0.05) is 35.5 Å². The summed E-state index contributed by atoms with van der Waals surface area (Å²) in [5.74, 6) is -6.10. The average molecular weight is 1040 g/mol. The molecule has 0 spiro atoms. The van der Waals surface area contributed by atoms with E-state index in [0.29, 0.717) is 12.8 Å². The Kier molecular flexibility index (Phi) is 75.7. The van der Waals surface area contributed by atoms with Gasteiger partial charge in [0.05, 0.1) is 24.2 Å². The Bertz CT molecular complexity index is 1190. The first-order valence-corrected chi connectivity index (χ1v) is 30.6. The highest BCUT2D eigenvalue weighted by atomic mass is 16.7. The predicted octanol–water partition coefficient (Wildman–Crippen LogP) is 17.6. The van der Waals surface area contributed by atoms with Crippen LogP contribution in [0.25, 0.3) is 0 Å². The van der Waals surface area contributed by atoms with Gasteiger partial charge < -0.3 is 34.6 Å². The molecular formula is C62H138O10. The first-order chi connectivity index (χ1) is 34.5. The van der Waals surface area contributed by atoms with E-state index >= 15 is 0 Å². The van der Waals surface area contributed by atoms with Crippen molar-refractivity contribution < 1.29 is 49.0 Å². The highest BCUT2D eigenvalue weighted by Gasteiger charge is 2.93. The van der Waals surface area contributed by atoms with E-state index in [1.54, 1.807) is 20.8 Å².